The van der Waals surface area contributed by atoms with Gasteiger partial charge in [0.2, 0.25) is 5.91 Å². The second-order valence-electron chi connectivity index (χ2n) is 8.36. The highest BCUT2D eigenvalue weighted by Crippen LogP contribution is 2.55. The molecule has 4 nitrogen and oxygen atoms in total. The fourth-order valence-corrected chi connectivity index (χ4v) is 5.91. The van der Waals surface area contributed by atoms with Crippen LogP contribution in [0.15, 0.2) is 0 Å². The first-order valence-electron chi connectivity index (χ1n) is 8.89. The Morgan fingerprint density at radius 1 is 1.05 bits per heavy atom. The van der Waals surface area contributed by atoms with E-state index in [1.165, 1.54) is 38.5 Å². The molecule has 1 amide bonds. The summed E-state index contributed by atoms with van der Waals surface area (Å²) in [6, 6.07) is 0.340. The molecular formula is C17H29N3O. The van der Waals surface area contributed by atoms with Crippen LogP contribution in [-0.4, -0.2) is 42.0 Å². The summed E-state index contributed by atoms with van der Waals surface area (Å²) < 4.78 is 0. The van der Waals surface area contributed by atoms with Crippen molar-refractivity contribution in [2.24, 2.45) is 23.5 Å². The van der Waals surface area contributed by atoms with Crippen molar-refractivity contribution in [1.82, 2.24) is 10.2 Å². The van der Waals surface area contributed by atoms with Crippen molar-refractivity contribution in [2.45, 2.75) is 62.9 Å². The number of nitrogens with zero attached hydrogens (tertiary/aromatic N) is 1. The number of rotatable bonds is 3. The van der Waals surface area contributed by atoms with Gasteiger partial charge >= 0.3 is 0 Å². The molecule has 5 fully saturated rings. The Kier molecular flexibility index (Phi) is 3.49. The Balaban J connectivity index is 1.34. The van der Waals surface area contributed by atoms with Gasteiger partial charge in [-0.2, -0.15) is 0 Å². The van der Waals surface area contributed by atoms with Gasteiger partial charge in [-0.05, 0) is 69.1 Å². The van der Waals surface area contributed by atoms with Crippen LogP contribution in [-0.2, 0) is 4.79 Å². The van der Waals surface area contributed by atoms with Crippen molar-refractivity contribution in [3.05, 3.63) is 0 Å². The van der Waals surface area contributed by atoms with Gasteiger partial charge in [0.05, 0.1) is 6.54 Å². The molecule has 118 valence electrons. The Morgan fingerprint density at radius 2 is 1.57 bits per heavy atom. The summed E-state index contributed by atoms with van der Waals surface area (Å²) in [6.45, 7) is 2.54. The number of hydrogen-bond donors (Lipinski definition) is 2. The third-order valence-corrected chi connectivity index (χ3v) is 6.44. The third kappa shape index (κ3) is 2.85. The van der Waals surface area contributed by atoms with E-state index in [9.17, 15) is 4.79 Å². The molecule has 0 unspecified atom stereocenters. The SMILES string of the molecule is NC1CCN(CC(=O)NC23CC4CC(CC(C4)C2)C3)CC1. The van der Waals surface area contributed by atoms with Crippen LogP contribution in [0.1, 0.15) is 51.4 Å². The molecule has 0 aromatic rings. The van der Waals surface area contributed by atoms with Crippen LogP contribution in [0.25, 0.3) is 0 Å². The summed E-state index contributed by atoms with van der Waals surface area (Å²) in [4.78, 5) is 14.8. The van der Waals surface area contributed by atoms with Crippen LogP contribution in [0.5, 0.6) is 0 Å². The van der Waals surface area contributed by atoms with Crippen LogP contribution in [0.2, 0.25) is 0 Å². The largest absolute Gasteiger partial charge is 0.350 e. The number of piperidine rings is 1. The zero-order valence-corrected chi connectivity index (χ0v) is 13.0. The molecule has 4 aliphatic carbocycles. The number of carbonyl (C=O) groups excluding carboxylic acids is 1. The predicted molar refractivity (Wildman–Crippen MR) is 82.7 cm³/mol. The molecule has 1 heterocycles. The highest BCUT2D eigenvalue weighted by Gasteiger charge is 2.51. The number of hydrogen-bond acceptors (Lipinski definition) is 3. The molecule has 0 spiro atoms. The second kappa shape index (κ2) is 5.24. The van der Waals surface area contributed by atoms with Crippen LogP contribution < -0.4 is 11.1 Å². The summed E-state index contributed by atoms with van der Waals surface area (Å²) in [6.07, 6.45) is 10.1. The Hall–Kier alpha value is -0.610. The van der Waals surface area contributed by atoms with Crippen molar-refractivity contribution < 1.29 is 4.79 Å². The lowest BCUT2D eigenvalue weighted by Gasteiger charge is -2.57. The smallest absolute Gasteiger partial charge is 0.234 e. The van der Waals surface area contributed by atoms with Crippen molar-refractivity contribution in [3.63, 3.8) is 0 Å². The van der Waals surface area contributed by atoms with Gasteiger partial charge in [-0.15, -0.1) is 0 Å². The molecule has 5 aliphatic rings. The van der Waals surface area contributed by atoms with Gasteiger partial charge in [-0.25, -0.2) is 0 Å². The van der Waals surface area contributed by atoms with Gasteiger partial charge in [0.15, 0.2) is 0 Å². The fraction of sp³-hybridized carbons (Fsp3) is 0.941. The van der Waals surface area contributed by atoms with Gasteiger partial charge in [-0.1, -0.05) is 0 Å². The van der Waals surface area contributed by atoms with E-state index in [1.54, 1.807) is 0 Å². The van der Waals surface area contributed by atoms with Crippen LogP contribution in [0, 0.1) is 17.8 Å². The van der Waals surface area contributed by atoms with E-state index in [0.717, 1.165) is 43.7 Å². The first kappa shape index (κ1) is 14.0. The number of likely N-dealkylation sites (tertiary alicyclic amines) is 1. The lowest BCUT2D eigenvalue weighted by Crippen LogP contribution is -2.61. The predicted octanol–water partition coefficient (Wildman–Crippen LogP) is 1.49. The average Bonchev–Trinajstić information content (AvgIpc) is 2.39. The third-order valence-electron chi connectivity index (χ3n) is 6.44. The lowest BCUT2D eigenvalue weighted by atomic mass is 9.53. The molecule has 0 aromatic carbocycles. The van der Waals surface area contributed by atoms with Crippen LogP contribution in [0.3, 0.4) is 0 Å². The van der Waals surface area contributed by atoms with Gasteiger partial charge in [0.1, 0.15) is 0 Å². The normalized spacial score (nSPS) is 43.2. The standard InChI is InChI=1S/C17H29N3O/c18-15-1-3-20(4-2-15)11-16(21)19-17-8-12-5-13(9-17)7-14(6-12)10-17/h12-15H,1-11,18H2,(H,19,21). The minimum Gasteiger partial charge on any atom is -0.350 e. The van der Waals surface area contributed by atoms with E-state index in [0.29, 0.717) is 12.6 Å². The maximum atomic E-state index is 12.5. The number of nitrogens with one attached hydrogen (secondary N) is 1. The first-order valence-corrected chi connectivity index (χ1v) is 8.89. The molecule has 4 bridgehead atoms. The maximum Gasteiger partial charge on any atom is 0.234 e. The zero-order valence-electron chi connectivity index (χ0n) is 13.0. The van der Waals surface area contributed by atoms with Gasteiger partial charge in [0.25, 0.3) is 0 Å². The van der Waals surface area contributed by atoms with Crippen molar-refractivity contribution in [2.75, 3.05) is 19.6 Å². The Bertz CT molecular complexity index is 379. The van der Waals surface area contributed by atoms with E-state index < -0.39 is 0 Å². The highest BCUT2D eigenvalue weighted by atomic mass is 16.2. The van der Waals surface area contributed by atoms with Crippen molar-refractivity contribution >= 4 is 5.91 Å². The molecule has 3 N–H and O–H groups in total. The second-order valence-corrected chi connectivity index (χ2v) is 8.36. The summed E-state index contributed by atoms with van der Waals surface area (Å²) in [5, 5.41) is 3.47. The van der Waals surface area contributed by atoms with E-state index in [4.69, 9.17) is 5.73 Å². The molecule has 5 rings (SSSR count). The molecule has 0 atom stereocenters. The number of nitrogens with two attached hydrogens (primary N) is 1. The van der Waals surface area contributed by atoms with Gasteiger partial charge < -0.3 is 11.1 Å². The zero-order chi connectivity index (χ0) is 14.4. The Labute approximate surface area is 127 Å². The summed E-state index contributed by atoms with van der Waals surface area (Å²) in [5.41, 5.74) is 6.10. The molecule has 0 aromatic heterocycles. The van der Waals surface area contributed by atoms with Gasteiger partial charge in [0, 0.05) is 24.7 Å². The summed E-state index contributed by atoms with van der Waals surface area (Å²) in [7, 11) is 0. The topological polar surface area (TPSA) is 58.4 Å². The van der Waals surface area contributed by atoms with E-state index in [2.05, 4.69) is 10.2 Å². The van der Waals surface area contributed by atoms with Crippen LogP contribution >= 0.6 is 0 Å². The summed E-state index contributed by atoms with van der Waals surface area (Å²) in [5.74, 6) is 2.94. The number of carbonyl (C=O) groups is 1. The highest BCUT2D eigenvalue weighted by molar-refractivity contribution is 5.79. The maximum absolute atomic E-state index is 12.5. The van der Waals surface area contributed by atoms with E-state index >= 15 is 0 Å². The average molecular weight is 291 g/mol. The lowest BCUT2D eigenvalue weighted by molar-refractivity contribution is -0.128. The van der Waals surface area contributed by atoms with Crippen LogP contribution in [0.4, 0.5) is 0 Å². The molecule has 4 heteroatoms. The quantitative estimate of drug-likeness (QED) is 0.828. The molecule has 0 radical (unpaired) electrons. The Morgan fingerprint density at radius 3 is 2.10 bits per heavy atom. The van der Waals surface area contributed by atoms with Crippen molar-refractivity contribution in [3.8, 4) is 0 Å². The molecular weight excluding hydrogens is 262 g/mol. The monoisotopic (exact) mass is 291 g/mol. The van der Waals surface area contributed by atoms with Gasteiger partial charge in [-0.3, -0.25) is 9.69 Å². The molecule has 1 saturated heterocycles. The fourth-order valence-electron chi connectivity index (χ4n) is 5.91. The van der Waals surface area contributed by atoms with E-state index in [1.807, 2.05) is 0 Å². The minimum atomic E-state index is 0.165. The molecule has 1 aliphatic heterocycles. The summed E-state index contributed by atoms with van der Waals surface area (Å²) >= 11 is 0. The number of amides is 1. The minimum absolute atomic E-state index is 0.165. The van der Waals surface area contributed by atoms with E-state index in [-0.39, 0.29) is 11.4 Å². The molecule has 21 heavy (non-hydrogen) atoms. The molecule has 4 saturated carbocycles. The first-order chi connectivity index (χ1) is 10.1. The van der Waals surface area contributed by atoms with Crippen molar-refractivity contribution in [1.29, 1.82) is 0 Å².